The summed E-state index contributed by atoms with van der Waals surface area (Å²) in [6.45, 7) is 6.87. The molecule has 0 unspecified atom stereocenters. The van der Waals surface area contributed by atoms with Crippen molar-refractivity contribution in [2.45, 2.75) is 32.8 Å². The smallest absolute Gasteiger partial charge is 0.221 e. The molecule has 0 radical (unpaired) electrons. The van der Waals surface area contributed by atoms with Gasteiger partial charge in [-0.3, -0.25) is 0 Å². The lowest BCUT2D eigenvalue weighted by Gasteiger charge is -2.25. The molecule has 4 heteroatoms. The van der Waals surface area contributed by atoms with Crippen LogP contribution in [0.1, 0.15) is 43.0 Å². The second-order valence-electron chi connectivity index (χ2n) is 9.38. The van der Waals surface area contributed by atoms with Crippen molar-refractivity contribution in [3.63, 3.8) is 0 Å². The molecule has 0 N–H and O–H groups in total. The van der Waals surface area contributed by atoms with Crippen molar-refractivity contribution in [2.75, 3.05) is 7.11 Å². The summed E-state index contributed by atoms with van der Waals surface area (Å²) in [5, 5.41) is 0. The minimum absolute atomic E-state index is 0.185. The average molecular weight is 468 g/mol. The summed E-state index contributed by atoms with van der Waals surface area (Å²) >= 11 is 0. The van der Waals surface area contributed by atoms with Crippen molar-refractivity contribution in [3.8, 4) is 22.8 Å². The highest BCUT2D eigenvalue weighted by molar-refractivity contribution is 5.80. The van der Waals surface area contributed by atoms with Crippen LogP contribution < -0.4 is 9.47 Å². The Bertz CT molecular complexity index is 1320. The fourth-order valence-electron chi connectivity index (χ4n) is 3.96. The molecular formula is C31H30FNO2. The normalized spacial score (nSPS) is 11.6. The van der Waals surface area contributed by atoms with Gasteiger partial charge in [0, 0.05) is 28.5 Å². The van der Waals surface area contributed by atoms with Gasteiger partial charge in [0.05, 0.1) is 7.11 Å². The zero-order chi connectivity index (χ0) is 24.8. The minimum atomic E-state index is -0.265. The number of hydrogen-bond donors (Lipinski definition) is 0. The Balaban J connectivity index is 1.80. The fourth-order valence-corrected chi connectivity index (χ4v) is 3.96. The molecular weight excluding hydrogens is 437 g/mol. The first kappa shape index (κ1) is 24.2. The van der Waals surface area contributed by atoms with Gasteiger partial charge in [0.25, 0.3) is 0 Å². The van der Waals surface area contributed by atoms with Crippen LogP contribution in [-0.2, 0) is 12.0 Å². The Labute approximate surface area is 206 Å². The lowest BCUT2D eigenvalue weighted by atomic mass is 9.83. The number of methoxy groups -OCH3 is 1. The fraction of sp³-hybridized carbons (Fsp3) is 0.194. The van der Waals surface area contributed by atoms with Crippen LogP contribution in [0.2, 0.25) is 0 Å². The van der Waals surface area contributed by atoms with Gasteiger partial charge in [-0.2, -0.15) is 0 Å². The first-order chi connectivity index (χ1) is 16.9. The van der Waals surface area contributed by atoms with E-state index < -0.39 is 0 Å². The number of halogens is 1. The highest BCUT2D eigenvalue weighted by atomic mass is 19.1. The van der Waals surface area contributed by atoms with E-state index in [1.807, 2.05) is 60.7 Å². The first-order valence-electron chi connectivity index (χ1n) is 11.6. The largest absolute Gasteiger partial charge is 0.496 e. The maximum absolute atomic E-state index is 14.3. The standard InChI is InChI=1S/C31H30FNO2/c1-31(2,3)27-20-25(19-24(29(27)34-4)17-16-23-13-8-9-15-28(23)32)26-14-10-18-33-30(26)35-21-22-11-6-5-7-12-22/h5-20H,21H2,1-4H3/b17-16+. The van der Waals surface area contributed by atoms with Gasteiger partial charge >= 0.3 is 0 Å². The molecule has 3 aromatic carbocycles. The highest BCUT2D eigenvalue weighted by Gasteiger charge is 2.23. The third kappa shape index (κ3) is 5.78. The molecule has 0 aliphatic rings. The van der Waals surface area contributed by atoms with Gasteiger partial charge in [0.1, 0.15) is 18.2 Å². The molecule has 178 valence electrons. The molecule has 0 bridgehead atoms. The van der Waals surface area contributed by atoms with Crippen LogP contribution in [0, 0.1) is 5.82 Å². The van der Waals surface area contributed by atoms with E-state index in [0.29, 0.717) is 18.1 Å². The Hall–Kier alpha value is -3.92. The number of benzene rings is 3. The maximum Gasteiger partial charge on any atom is 0.221 e. The number of ether oxygens (including phenoxy) is 2. The van der Waals surface area contributed by atoms with Gasteiger partial charge in [0.2, 0.25) is 5.88 Å². The Morgan fingerprint density at radius 1 is 0.857 bits per heavy atom. The van der Waals surface area contributed by atoms with Gasteiger partial charge in [0.15, 0.2) is 0 Å². The summed E-state index contributed by atoms with van der Waals surface area (Å²) in [7, 11) is 1.67. The van der Waals surface area contributed by atoms with E-state index in [0.717, 1.165) is 33.6 Å². The summed E-state index contributed by atoms with van der Waals surface area (Å²) in [5.41, 5.74) is 5.15. The number of pyridine rings is 1. The van der Waals surface area contributed by atoms with Gasteiger partial charge < -0.3 is 9.47 Å². The zero-order valence-corrected chi connectivity index (χ0v) is 20.6. The van der Waals surface area contributed by atoms with E-state index in [2.05, 4.69) is 31.8 Å². The lowest BCUT2D eigenvalue weighted by molar-refractivity contribution is 0.295. The molecule has 1 aromatic heterocycles. The van der Waals surface area contributed by atoms with Gasteiger partial charge in [-0.15, -0.1) is 0 Å². The molecule has 0 aliphatic heterocycles. The quantitative estimate of drug-likeness (QED) is 0.259. The van der Waals surface area contributed by atoms with E-state index in [9.17, 15) is 4.39 Å². The second kappa shape index (κ2) is 10.6. The van der Waals surface area contributed by atoms with Crippen molar-refractivity contribution in [1.82, 2.24) is 4.98 Å². The second-order valence-corrected chi connectivity index (χ2v) is 9.38. The number of nitrogens with zero attached hydrogens (tertiary/aromatic N) is 1. The molecule has 0 atom stereocenters. The lowest BCUT2D eigenvalue weighted by Crippen LogP contribution is -2.14. The van der Waals surface area contributed by atoms with E-state index >= 15 is 0 Å². The van der Waals surface area contributed by atoms with Crippen molar-refractivity contribution < 1.29 is 13.9 Å². The van der Waals surface area contributed by atoms with Crippen molar-refractivity contribution in [2.24, 2.45) is 0 Å². The van der Waals surface area contributed by atoms with Crippen LogP contribution in [0.25, 0.3) is 23.3 Å². The summed E-state index contributed by atoms with van der Waals surface area (Å²) in [6, 6.07) is 24.8. The van der Waals surface area contributed by atoms with Gasteiger partial charge in [-0.25, -0.2) is 9.37 Å². The van der Waals surface area contributed by atoms with Gasteiger partial charge in [-0.05, 0) is 46.9 Å². The summed E-state index contributed by atoms with van der Waals surface area (Å²) in [5.74, 6) is 1.06. The van der Waals surface area contributed by atoms with Crippen LogP contribution in [0.4, 0.5) is 4.39 Å². The molecule has 0 saturated heterocycles. The van der Waals surface area contributed by atoms with E-state index in [-0.39, 0.29) is 11.2 Å². The Morgan fingerprint density at radius 3 is 2.29 bits per heavy atom. The first-order valence-corrected chi connectivity index (χ1v) is 11.6. The van der Waals surface area contributed by atoms with E-state index in [1.165, 1.54) is 6.07 Å². The predicted octanol–water partition coefficient (Wildman–Crippen LogP) is 7.94. The van der Waals surface area contributed by atoms with Crippen LogP contribution in [0.15, 0.2) is 85.1 Å². The minimum Gasteiger partial charge on any atom is -0.496 e. The van der Waals surface area contributed by atoms with Crippen molar-refractivity contribution in [1.29, 1.82) is 0 Å². The molecule has 0 fully saturated rings. The van der Waals surface area contributed by atoms with Crippen LogP contribution in [0.3, 0.4) is 0 Å². The number of rotatable bonds is 7. The maximum atomic E-state index is 14.3. The SMILES string of the molecule is COc1c(/C=C/c2ccccc2F)cc(-c2cccnc2OCc2ccccc2)cc1C(C)(C)C. The van der Waals surface area contributed by atoms with E-state index in [4.69, 9.17) is 9.47 Å². The van der Waals surface area contributed by atoms with Crippen molar-refractivity contribution >= 4 is 12.2 Å². The zero-order valence-electron chi connectivity index (χ0n) is 20.6. The number of aromatic nitrogens is 1. The molecule has 4 aromatic rings. The van der Waals surface area contributed by atoms with Crippen molar-refractivity contribution in [3.05, 3.63) is 113 Å². The molecule has 0 aliphatic carbocycles. The highest BCUT2D eigenvalue weighted by Crippen LogP contribution is 2.40. The molecule has 0 spiro atoms. The summed E-state index contributed by atoms with van der Waals surface area (Å²) in [6.07, 6.45) is 5.41. The predicted molar refractivity (Wildman–Crippen MR) is 141 cm³/mol. The summed E-state index contributed by atoms with van der Waals surface area (Å²) < 4.78 is 26.2. The van der Waals surface area contributed by atoms with Gasteiger partial charge in [-0.1, -0.05) is 81.5 Å². The summed E-state index contributed by atoms with van der Waals surface area (Å²) in [4.78, 5) is 4.52. The Morgan fingerprint density at radius 2 is 1.57 bits per heavy atom. The van der Waals surface area contributed by atoms with Crippen LogP contribution in [0.5, 0.6) is 11.6 Å². The topological polar surface area (TPSA) is 31.4 Å². The third-order valence-corrected chi connectivity index (χ3v) is 5.78. The van der Waals surface area contributed by atoms with E-state index in [1.54, 1.807) is 31.5 Å². The van der Waals surface area contributed by atoms with Crippen LogP contribution >= 0.6 is 0 Å². The molecule has 0 amide bonds. The third-order valence-electron chi connectivity index (χ3n) is 5.78. The Kier molecular flexibility index (Phi) is 7.31. The molecule has 4 rings (SSSR count). The van der Waals surface area contributed by atoms with Crippen LogP contribution in [-0.4, -0.2) is 12.1 Å². The molecule has 0 saturated carbocycles. The average Bonchev–Trinajstić information content (AvgIpc) is 2.86. The molecule has 3 nitrogen and oxygen atoms in total. The monoisotopic (exact) mass is 467 g/mol. The molecule has 1 heterocycles. The number of hydrogen-bond acceptors (Lipinski definition) is 3. The molecule has 35 heavy (non-hydrogen) atoms.